The van der Waals surface area contributed by atoms with E-state index in [-0.39, 0.29) is 11.8 Å². The molecule has 1 amide bonds. The highest BCUT2D eigenvalue weighted by Gasteiger charge is 2.11. The third kappa shape index (κ3) is 5.59. The van der Waals surface area contributed by atoms with Crippen molar-refractivity contribution in [1.29, 1.82) is 0 Å². The van der Waals surface area contributed by atoms with E-state index in [0.29, 0.717) is 13.2 Å². The van der Waals surface area contributed by atoms with Gasteiger partial charge in [0.25, 0.3) is 0 Å². The van der Waals surface area contributed by atoms with E-state index in [1.165, 1.54) is 11.1 Å². The second kappa shape index (κ2) is 9.59. The maximum Gasteiger partial charge on any atom is 0.222 e. The molecule has 1 heterocycles. The van der Waals surface area contributed by atoms with E-state index in [1.54, 1.807) is 0 Å². The first-order chi connectivity index (χ1) is 13.9. The number of benzene rings is 2. The molecule has 154 valence electrons. The quantitative estimate of drug-likeness (QED) is 0.547. The van der Waals surface area contributed by atoms with Gasteiger partial charge < -0.3 is 14.6 Å². The topological polar surface area (TPSA) is 56.1 Å². The van der Waals surface area contributed by atoms with Crippen LogP contribution in [0, 0.1) is 19.8 Å². The van der Waals surface area contributed by atoms with E-state index in [1.807, 2.05) is 32.0 Å². The molecule has 0 atom stereocenters. The monoisotopic (exact) mass is 393 g/mol. The van der Waals surface area contributed by atoms with Gasteiger partial charge in [0, 0.05) is 18.9 Å². The number of nitrogens with one attached hydrogen (secondary N) is 1. The van der Waals surface area contributed by atoms with E-state index >= 15 is 0 Å². The Labute approximate surface area is 173 Å². The molecule has 1 aromatic heterocycles. The molecule has 0 bridgehead atoms. The molecule has 5 heteroatoms. The minimum absolute atomic E-state index is 0.0157. The number of para-hydroxylation sites is 2. The first kappa shape index (κ1) is 20.9. The van der Waals surface area contributed by atoms with Crippen LogP contribution in [0.2, 0.25) is 0 Å². The Morgan fingerprint density at radius 1 is 1.14 bits per heavy atom. The summed E-state index contributed by atoms with van der Waals surface area (Å²) < 4.78 is 8.26. The Morgan fingerprint density at radius 2 is 1.86 bits per heavy atom. The Bertz CT molecular complexity index is 955. The van der Waals surface area contributed by atoms with Crippen LogP contribution in [0.1, 0.15) is 37.2 Å². The van der Waals surface area contributed by atoms with Gasteiger partial charge in [-0.1, -0.05) is 32.0 Å². The number of aryl methyl sites for hydroxylation is 3. The summed E-state index contributed by atoms with van der Waals surface area (Å²) in [6.07, 6.45) is 1.68. The number of ether oxygens (including phenoxy) is 1. The van der Waals surface area contributed by atoms with Gasteiger partial charge in [-0.15, -0.1) is 0 Å². The van der Waals surface area contributed by atoms with Gasteiger partial charge >= 0.3 is 0 Å². The van der Waals surface area contributed by atoms with Crippen LogP contribution in [-0.4, -0.2) is 28.6 Å². The Hall–Kier alpha value is -2.82. The van der Waals surface area contributed by atoms with Gasteiger partial charge in [-0.05, 0) is 55.7 Å². The Kier molecular flexibility index (Phi) is 6.91. The molecule has 0 saturated heterocycles. The van der Waals surface area contributed by atoms with Gasteiger partial charge in [-0.25, -0.2) is 4.98 Å². The third-order valence-electron chi connectivity index (χ3n) is 4.91. The average Bonchev–Trinajstić information content (AvgIpc) is 3.02. The number of imidazole rings is 1. The van der Waals surface area contributed by atoms with E-state index in [0.717, 1.165) is 42.0 Å². The van der Waals surface area contributed by atoms with Crippen molar-refractivity contribution in [2.24, 2.45) is 5.92 Å². The molecule has 0 aliphatic carbocycles. The first-order valence-corrected chi connectivity index (χ1v) is 10.4. The van der Waals surface area contributed by atoms with Gasteiger partial charge in [-0.2, -0.15) is 0 Å². The smallest absolute Gasteiger partial charge is 0.222 e. The molecule has 0 saturated carbocycles. The average molecular weight is 394 g/mol. The zero-order chi connectivity index (χ0) is 20.8. The van der Waals surface area contributed by atoms with Crippen LogP contribution in [0.15, 0.2) is 42.5 Å². The predicted molar refractivity (Wildman–Crippen MR) is 117 cm³/mol. The SMILES string of the molecule is Cc1cc(C)cc(OCCn2c(CCCNC(=O)C(C)C)nc3ccccc32)c1. The number of hydrogen-bond acceptors (Lipinski definition) is 3. The lowest BCUT2D eigenvalue weighted by Crippen LogP contribution is -2.28. The fourth-order valence-corrected chi connectivity index (χ4v) is 3.50. The van der Waals surface area contributed by atoms with Crippen LogP contribution in [0.5, 0.6) is 5.75 Å². The third-order valence-corrected chi connectivity index (χ3v) is 4.91. The summed E-state index contributed by atoms with van der Waals surface area (Å²) in [5.74, 6) is 2.06. The summed E-state index contributed by atoms with van der Waals surface area (Å²) >= 11 is 0. The lowest BCUT2D eigenvalue weighted by Gasteiger charge is -2.12. The highest BCUT2D eigenvalue weighted by Crippen LogP contribution is 2.19. The van der Waals surface area contributed by atoms with Crippen LogP contribution in [0.3, 0.4) is 0 Å². The molecule has 1 N–H and O–H groups in total. The molecule has 0 spiro atoms. The molecule has 2 aromatic carbocycles. The predicted octanol–water partition coefficient (Wildman–Crippen LogP) is 4.44. The number of hydrogen-bond donors (Lipinski definition) is 1. The molecule has 3 rings (SSSR count). The van der Waals surface area contributed by atoms with Crippen molar-refractivity contribution in [2.45, 2.75) is 47.1 Å². The molecule has 29 heavy (non-hydrogen) atoms. The second-order valence-electron chi connectivity index (χ2n) is 7.89. The number of carbonyl (C=O) groups excluding carboxylic acids is 1. The van der Waals surface area contributed by atoms with Crippen LogP contribution in [0.25, 0.3) is 11.0 Å². The fraction of sp³-hybridized carbons (Fsp3) is 0.417. The van der Waals surface area contributed by atoms with Crippen molar-refractivity contribution in [2.75, 3.05) is 13.2 Å². The van der Waals surface area contributed by atoms with Gasteiger partial charge in [0.15, 0.2) is 0 Å². The molecule has 0 radical (unpaired) electrons. The number of aromatic nitrogens is 2. The van der Waals surface area contributed by atoms with Crippen LogP contribution >= 0.6 is 0 Å². The number of fused-ring (bicyclic) bond motifs is 1. The molecule has 0 unspecified atom stereocenters. The summed E-state index contributed by atoms with van der Waals surface area (Å²) in [4.78, 5) is 16.6. The van der Waals surface area contributed by atoms with E-state index < -0.39 is 0 Å². The first-order valence-electron chi connectivity index (χ1n) is 10.4. The van der Waals surface area contributed by atoms with Crippen molar-refractivity contribution in [3.8, 4) is 5.75 Å². The molecule has 0 fully saturated rings. The Balaban J connectivity index is 1.65. The van der Waals surface area contributed by atoms with E-state index in [2.05, 4.69) is 48.0 Å². The van der Waals surface area contributed by atoms with Gasteiger partial charge in [0.1, 0.15) is 18.2 Å². The Morgan fingerprint density at radius 3 is 2.59 bits per heavy atom. The summed E-state index contributed by atoms with van der Waals surface area (Å²) in [6, 6.07) is 14.5. The molecular formula is C24H31N3O2. The van der Waals surface area contributed by atoms with Crippen molar-refractivity contribution in [3.05, 3.63) is 59.4 Å². The largest absolute Gasteiger partial charge is 0.492 e. The lowest BCUT2D eigenvalue weighted by atomic mass is 10.1. The number of nitrogens with zero attached hydrogens (tertiary/aromatic N) is 2. The molecular weight excluding hydrogens is 362 g/mol. The summed E-state index contributed by atoms with van der Waals surface area (Å²) in [7, 11) is 0. The summed E-state index contributed by atoms with van der Waals surface area (Å²) in [5, 5.41) is 2.98. The highest BCUT2D eigenvalue weighted by atomic mass is 16.5. The standard InChI is InChI=1S/C24H31N3O2/c1-17(2)24(28)25-11-7-10-23-26-21-8-5-6-9-22(21)27(23)12-13-29-20-15-18(3)14-19(4)16-20/h5-6,8-9,14-17H,7,10-13H2,1-4H3,(H,25,28). The maximum atomic E-state index is 11.7. The highest BCUT2D eigenvalue weighted by molar-refractivity contribution is 5.77. The lowest BCUT2D eigenvalue weighted by molar-refractivity contribution is -0.123. The van der Waals surface area contributed by atoms with Gasteiger partial charge in [-0.3, -0.25) is 4.79 Å². The van der Waals surface area contributed by atoms with Crippen molar-refractivity contribution < 1.29 is 9.53 Å². The number of rotatable bonds is 9. The minimum atomic E-state index is 0.0157. The summed E-state index contributed by atoms with van der Waals surface area (Å²) in [5.41, 5.74) is 4.53. The molecule has 0 aliphatic rings. The second-order valence-corrected chi connectivity index (χ2v) is 7.89. The summed E-state index contributed by atoms with van der Waals surface area (Å²) in [6.45, 7) is 9.97. The normalized spacial score (nSPS) is 11.2. The van der Waals surface area contributed by atoms with Crippen LogP contribution in [-0.2, 0) is 17.8 Å². The maximum absolute atomic E-state index is 11.7. The minimum Gasteiger partial charge on any atom is -0.492 e. The molecule has 0 aliphatic heterocycles. The fourth-order valence-electron chi connectivity index (χ4n) is 3.50. The van der Waals surface area contributed by atoms with E-state index in [9.17, 15) is 4.79 Å². The number of amides is 1. The van der Waals surface area contributed by atoms with Crippen LogP contribution < -0.4 is 10.1 Å². The zero-order valence-electron chi connectivity index (χ0n) is 17.9. The molecule has 5 nitrogen and oxygen atoms in total. The van der Waals surface area contributed by atoms with Gasteiger partial charge in [0.05, 0.1) is 17.6 Å². The van der Waals surface area contributed by atoms with Crippen molar-refractivity contribution in [1.82, 2.24) is 14.9 Å². The van der Waals surface area contributed by atoms with Crippen LogP contribution in [0.4, 0.5) is 0 Å². The zero-order valence-corrected chi connectivity index (χ0v) is 17.9. The van der Waals surface area contributed by atoms with Gasteiger partial charge in [0.2, 0.25) is 5.91 Å². The number of carbonyl (C=O) groups is 1. The van der Waals surface area contributed by atoms with E-state index in [4.69, 9.17) is 9.72 Å². The van der Waals surface area contributed by atoms with Crippen molar-refractivity contribution in [3.63, 3.8) is 0 Å². The van der Waals surface area contributed by atoms with Crippen molar-refractivity contribution >= 4 is 16.9 Å². The molecule has 3 aromatic rings.